The van der Waals surface area contributed by atoms with Gasteiger partial charge in [-0.1, -0.05) is 18.2 Å². The van der Waals surface area contributed by atoms with Crippen LogP contribution in [0.5, 0.6) is 0 Å². The predicted octanol–water partition coefficient (Wildman–Crippen LogP) is -5.17. The van der Waals surface area contributed by atoms with Gasteiger partial charge in [0.25, 0.3) is 5.91 Å². The van der Waals surface area contributed by atoms with Gasteiger partial charge in [-0.25, -0.2) is 16.8 Å². The zero-order chi connectivity index (χ0) is 20.9. The van der Waals surface area contributed by atoms with E-state index in [2.05, 4.69) is 5.32 Å². The van der Waals surface area contributed by atoms with E-state index in [4.69, 9.17) is 5.73 Å². The molecule has 0 aliphatic carbocycles. The zero-order valence-corrected chi connectivity index (χ0v) is 21.9. The summed E-state index contributed by atoms with van der Waals surface area (Å²) in [5, 5.41) is 1.78. The summed E-state index contributed by atoms with van der Waals surface area (Å²) < 4.78 is 71.3. The number of nitrogens with zero attached hydrogens (tertiary/aromatic N) is 1. The summed E-state index contributed by atoms with van der Waals surface area (Å²) in [4.78, 5) is 10.9. The van der Waals surface area contributed by atoms with Gasteiger partial charge in [-0.2, -0.15) is 0 Å². The van der Waals surface area contributed by atoms with Crippen molar-refractivity contribution in [1.29, 1.82) is 0 Å². The van der Waals surface area contributed by atoms with E-state index in [1.54, 1.807) is 7.05 Å². The molecule has 0 aliphatic heterocycles. The zero-order valence-electron chi connectivity index (χ0n) is 16.2. The van der Waals surface area contributed by atoms with Crippen LogP contribution in [0.4, 0.5) is 11.4 Å². The van der Waals surface area contributed by atoms with E-state index in [1.807, 2.05) is 0 Å². The number of benzene rings is 2. The van der Waals surface area contributed by atoms with Crippen LogP contribution in [0.2, 0.25) is 0 Å². The molecule has 0 saturated heterocycles. The molecule has 1 heterocycles. The van der Waals surface area contributed by atoms with Gasteiger partial charge in [0.05, 0.1) is 21.2 Å². The third kappa shape index (κ3) is 5.46. The topological polar surface area (TPSA) is 174 Å². The fourth-order valence-corrected chi connectivity index (χ4v) is 4.42. The molecule has 1 aromatic heterocycles. The Labute approximate surface area is 216 Å². The molecular formula is C16H13N3Na2O7S2. The van der Waals surface area contributed by atoms with Crippen LogP contribution in [-0.4, -0.2) is 36.4 Å². The largest absolute Gasteiger partial charge is 1.00 e. The van der Waals surface area contributed by atoms with E-state index < -0.39 is 35.9 Å². The van der Waals surface area contributed by atoms with E-state index in [1.165, 1.54) is 22.9 Å². The number of aryl methyl sites for hydroxylation is 1. The number of anilines is 2. The first-order chi connectivity index (χ1) is 12.9. The number of carbonyl (C=O) groups is 1. The molecule has 3 aromatic rings. The number of nitrogens with two attached hydrogens (primary N) is 1. The predicted molar refractivity (Wildman–Crippen MR) is 97.7 cm³/mol. The van der Waals surface area contributed by atoms with E-state index in [0.29, 0.717) is 5.69 Å². The molecule has 0 atom stereocenters. The van der Waals surface area contributed by atoms with E-state index in [9.17, 15) is 30.7 Å². The molecule has 1 amide bonds. The molecule has 10 nitrogen and oxygen atoms in total. The summed E-state index contributed by atoms with van der Waals surface area (Å²) in [6.07, 6.45) is 1.46. The second-order valence-corrected chi connectivity index (χ2v) is 8.59. The third-order valence-corrected chi connectivity index (χ3v) is 5.83. The molecule has 0 spiro atoms. The summed E-state index contributed by atoms with van der Waals surface area (Å²) in [6.45, 7) is 0. The van der Waals surface area contributed by atoms with Crippen LogP contribution in [0.25, 0.3) is 10.8 Å². The standard InChI is InChI=1S/C16H15N3O7S2.2Na/c1-19-8-9(17)7-13(19)16(20)18-12-6-5-10-11(15(12)28(24,25)26)3-2-4-14(10)27(21,22)23;;/h2-8H,17H2,1H3,(H,18,20)(H,21,22,23)(H,24,25,26);;/q;2*+1/p-2. The van der Waals surface area contributed by atoms with Gasteiger partial charge < -0.3 is 24.7 Å². The number of nitrogen functional groups attached to an aromatic ring is 1. The van der Waals surface area contributed by atoms with E-state index >= 15 is 0 Å². The third-order valence-electron chi connectivity index (χ3n) is 4.00. The monoisotopic (exact) mass is 469 g/mol. The van der Waals surface area contributed by atoms with Gasteiger partial charge >= 0.3 is 59.1 Å². The van der Waals surface area contributed by atoms with Crippen LogP contribution in [0.15, 0.2) is 52.4 Å². The van der Waals surface area contributed by atoms with Crippen LogP contribution in [0, 0.1) is 0 Å². The van der Waals surface area contributed by atoms with Crippen LogP contribution in [0.3, 0.4) is 0 Å². The van der Waals surface area contributed by atoms with Crippen molar-refractivity contribution in [3.05, 3.63) is 48.3 Å². The molecule has 148 valence electrons. The molecule has 3 rings (SSSR count). The van der Waals surface area contributed by atoms with Crippen molar-refractivity contribution < 1.29 is 89.9 Å². The van der Waals surface area contributed by atoms with Crippen molar-refractivity contribution in [1.82, 2.24) is 4.57 Å². The fourth-order valence-electron chi connectivity index (χ4n) is 2.89. The molecule has 3 N–H and O–H groups in total. The van der Waals surface area contributed by atoms with Gasteiger partial charge in [0.2, 0.25) is 0 Å². The summed E-state index contributed by atoms with van der Waals surface area (Å²) in [5.74, 6) is -0.740. The Morgan fingerprint density at radius 1 is 1.00 bits per heavy atom. The molecule has 0 fully saturated rings. The van der Waals surface area contributed by atoms with Crippen molar-refractivity contribution in [2.75, 3.05) is 11.1 Å². The number of rotatable bonds is 4. The molecule has 0 aliphatic rings. The Morgan fingerprint density at radius 2 is 1.63 bits per heavy atom. The maximum atomic E-state index is 12.5. The normalized spacial score (nSPS) is 11.4. The van der Waals surface area contributed by atoms with Crippen LogP contribution in [0.1, 0.15) is 10.5 Å². The first kappa shape index (κ1) is 27.1. The van der Waals surface area contributed by atoms with Crippen LogP contribution >= 0.6 is 0 Å². The SMILES string of the molecule is Cn1cc(N)cc1C(=O)Nc1ccc2c(S(=O)(=O)[O-])cccc2c1S(=O)(=O)[O-].[Na+].[Na+]. The average molecular weight is 469 g/mol. The Hall–Kier alpha value is -0.930. The van der Waals surface area contributed by atoms with Crippen molar-refractivity contribution in [3.8, 4) is 0 Å². The molecule has 2 aromatic carbocycles. The fraction of sp³-hybridized carbons (Fsp3) is 0.0625. The number of amides is 1. The summed E-state index contributed by atoms with van der Waals surface area (Å²) >= 11 is 0. The van der Waals surface area contributed by atoms with Crippen molar-refractivity contribution in [2.45, 2.75) is 9.79 Å². The van der Waals surface area contributed by atoms with Crippen molar-refractivity contribution >= 4 is 48.3 Å². The maximum absolute atomic E-state index is 12.5. The minimum Gasteiger partial charge on any atom is -0.744 e. The van der Waals surface area contributed by atoms with Gasteiger partial charge in [0.1, 0.15) is 25.9 Å². The number of nitrogens with one attached hydrogen (secondary N) is 1. The molecule has 0 unspecified atom stereocenters. The van der Waals surface area contributed by atoms with Gasteiger partial charge in [-0.05, 0) is 18.2 Å². The second kappa shape index (κ2) is 9.69. The molecule has 0 radical (unpaired) electrons. The number of fused-ring (bicyclic) bond motifs is 1. The Bertz CT molecular complexity index is 1340. The maximum Gasteiger partial charge on any atom is 1.00 e. The second-order valence-electron chi connectivity index (χ2n) is 5.93. The summed E-state index contributed by atoms with van der Waals surface area (Å²) in [6, 6.07) is 6.84. The minimum absolute atomic E-state index is 0. The number of carbonyl (C=O) groups excluding carboxylic acids is 1. The Kier molecular flexibility index (Phi) is 8.76. The minimum atomic E-state index is -5.15. The van der Waals surface area contributed by atoms with Gasteiger partial charge in [-0.3, -0.25) is 4.79 Å². The quantitative estimate of drug-likeness (QED) is 0.282. The molecule has 14 heteroatoms. The summed E-state index contributed by atoms with van der Waals surface area (Å²) in [5.41, 5.74) is 5.65. The first-order valence-electron chi connectivity index (χ1n) is 7.60. The van der Waals surface area contributed by atoms with E-state index in [0.717, 1.165) is 24.3 Å². The van der Waals surface area contributed by atoms with Crippen molar-refractivity contribution in [2.24, 2.45) is 7.05 Å². The number of aromatic nitrogens is 1. The Balaban J connectivity index is 0.00000225. The molecule has 0 saturated carbocycles. The Morgan fingerprint density at radius 3 is 2.13 bits per heavy atom. The number of hydrogen-bond donors (Lipinski definition) is 2. The van der Waals surface area contributed by atoms with Gasteiger partial charge in [0, 0.05) is 24.0 Å². The van der Waals surface area contributed by atoms with Crippen LogP contribution in [-0.2, 0) is 27.3 Å². The average Bonchev–Trinajstić information content (AvgIpc) is 2.90. The molecular weight excluding hydrogens is 456 g/mol. The molecule has 0 bridgehead atoms. The van der Waals surface area contributed by atoms with Crippen LogP contribution < -0.4 is 70.2 Å². The first-order valence-corrected chi connectivity index (χ1v) is 10.4. The smallest absolute Gasteiger partial charge is 0.744 e. The van der Waals surface area contributed by atoms with Crippen molar-refractivity contribution in [3.63, 3.8) is 0 Å². The van der Waals surface area contributed by atoms with Gasteiger partial charge in [0.15, 0.2) is 0 Å². The van der Waals surface area contributed by atoms with Gasteiger partial charge in [-0.15, -0.1) is 0 Å². The summed E-state index contributed by atoms with van der Waals surface area (Å²) in [7, 11) is -8.53. The van der Waals surface area contributed by atoms with E-state index in [-0.39, 0.29) is 81.3 Å². The molecule has 30 heavy (non-hydrogen) atoms. The number of hydrogen-bond acceptors (Lipinski definition) is 8.